The molecule has 0 bridgehead atoms. The first-order valence-corrected chi connectivity index (χ1v) is 5.21. The number of nitrogens with zero attached hydrogens (tertiary/aromatic N) is 2. The summed E-state index contributed by atoms with van der Waals surface area (Å²) in [5, 5.41) is 12.2. The van der Waals surface area contributed by atoms with Gasteiger partial charge >= 0.3 is 0 Å². The minimum Gasteiger partial charge on any atom is -0.355 e. The number of aromatic nitrogens is 2. The third-order valence-electron chi connectivity index (χ3n) is 2.48. The van der Waals surface area contributed by atoms with Crippen LogP contribution < -0.4 is 5.32 Å². The molecule has 3 nitrogen and oxygen atoms in total. The van der Waals surface area contributed by atoms with E-state index in [1.807, 2.05) is 0 Å². The van der Waals surface area contributed by atoms with Gasteiger partial charge in [0.1, 0.15) is 5.51 Å². The summed E-state index contributed by atoms with van der Waals surface area (Å²) < 4.78 is 0. The van der Waals surface area contributed by atoms with Crippen LogP contribution in [0.3, 0.4) is 0 Å². The number of rotatable bonds is 2. The molecule has 0 aliphatic heterocycles. The molecule has 0 spiro atoms. The van der Waals surface area contributed by atoms with Gasteiger partial charge in [0.25, 0.3) is 0 Å². The molecular formula is C8H13N3S. The molecule has 0 atom stereocenters. The second-order valence-corrected chi connectivity index (χ2v) is 4.47. The van der Waals surface area contributed by atoms with E-state index in [9.17, 15) is 0 Å². The maximum absolute atomic E-state index is 3.98. The molecule has 2 rings (SSSR count). The molecule has 0 amide bonds. The number of nitrogens with one attached hydrogen (secondary N) is 1. The van der Waals surface area contributed by atoms with Crippen LogP contribution in [0.2, 0.25) is 0 Å². The topological polar surface area (TPSA) is 37.8 Å². The maximum Gasteiger partial charge on any atom is 0.205 e. The molecule has 1 saturated carbocycles. The molecule has 0 radical (unpaired) electrons. The largest absolute Gasteiger partial charge is 0.355 e. The Hall–Kier alpha value is -0.640. The molecule has 1 N–H and O–H groups in total. The monoisotopic (exact) mass is 183 g/mol. The lowest BCUT2D eigenvalue weighted by atomic mass is 10.0. The summed E-state index contributed by atoms with van der Waals surface area (Å²) in [5.41, 5.74) is 2.04. The van der Waals surface area contributed by atoms with Crippen molar-refractivity contribution in [3.63, 3.8) is 0 Å². The fourth-order valence-corrected chi connectivity index (χ4v) is 2.36. The number of hydrogen-bond acceptors (Lipinski definition) is 4. The first kappa shape index (κ1) is 7.98. The molecule has 66 valence electrons. The van der Waals surface area contributed by atoms with Crippen molar-refractivity contribution < 1.29 is 0 Å². The highest BCUT2D eigenvalue weighted by Gasteiger charge is 2.28. The number of anilines is 1. The zero-order chi connectivity index (χ0) is 8.44. The van der Waals surface area contributed by atoms with Crippen LogP contribution in [0.1, 0.15) is 32.6 Å². The Balaban J connectivity index is 2.02. The van der Waals surface area contributed by atoms with Gasteiger partial charge in [-0.05, 0) is 19.8 Å². The Morgan fingerprint density at radius 1 is 1.50 bits per heavy atom. The van der Waals surface area contributed by atoms with E-state index in [1.54, 1.807) is 16.8 Å². The van der Waals surface area contributed by atoms with E-state index in [2.05, 4.69) is 22.4 Å². The van der Waals surface area contributed by atoms with Crippen LogP contribution in [0.15, 0.2) is 5.51 Å². The van der Waals surface area contributed by atoms with Crippen LogP contribution in [0, 0.1) is 0 Å². The van der Waals surface area contributed by atoms with E-state index in [-0.39, 0.29) is 5.54 Å². The standard InChI is InChI=1S/C8H13N3S/c1-8(4-2-3-5-8)10-7-11-9-6-12-7/h6H,2-5H2,1H3,(H,10,11). The van der Waals surface area contributed by atoms with Gasteiger partial charge in [0.2, 0.25) is 5.13 Å². The smallest absolute Gasteiger partial charge is 0.205 e. The predicted octanol–water partition coefficient (Wildman–Crippen LogP) is 2.28. The lowest BCUT2D eigenvalue weighted by Crippen LogP contribution is -2.30. The van der Waals surface area contributed by atoms with Gasteiger partial charge in [-0.15, -0.1) is 10.2 Å². The normalized spacial score (nSPS) is 21.1. The first-order chi connectivity index (χ1) is 5.79. The third-order valence-corrected chi connectivity index (χ3v) is 3.08. The van der Waals surface area contributed by atoms with E-state index >= 15 is 0 Å². The molecule has 0 saturated heterocycles. The molecular weight excluding hydrogens is 170 g/mol. The van der Waals surface area contributed by atoms with Crippen molar-refractivity contribution >= 4 is 16.5 Å². The summed E-state index contributed by atoms with van der Waals surface area (Å²) in [4.78, 5) is 0. The Labute approximate surface area is 76.2 Å². The third kappa shape index (κ3) is 1.58. The molecule has 1 fully saturated rings. The van der Waals surface area contributed by atoms with Crippen molar-refractivity contribution in [1.82, 2.24) is 10.2 Å². The van der Waals surface area contributed by atoms with Crippen LogP contribution in [0.25, 0.3) is 0 Å². The first-order valence-electron chi connectivity index (χ1n) is 4.33. The SMILES string of the molecule is CC1(Nc2nncs2)CCCC1. The van der Waals surface area contributed by atoms with Crippen LogP contribution in [0.4, 0.5) is 5.13 Å². The van der Waals surface area contributed by atoms with Gasteiger partial charge in [0.05, 0.1) is 0 Å². The van der Waals surface area contributed by atoms with Crippen LogP contribution in [-0.2, 0) is 0 Å². The molecule has 1 aromatic rings. The van der Waals surface area contributed by atoms with Gasteiger partial charge in [-0.3, -0.25) is 0 Å². The summed E-state index contributed by atoms with van der Waals surface area (Å²) in [6.07, 6.45) is 5.18. The van der Waals surface area contributed by atoms with E-state index in [4.69, 9.17) is 0 Å². The van der Waals surface area contributed by atoms with Gasteiger partial charge in [0, 0.05) is 5.54 Å². The van der Waals surface area contributed by atoms with Crippen LogP contribution in [0.5, 0.6) is 0 Å². The molecule has 1 aliphatic carbocycles. The Morgan fingerprint density at radius 2 is 2.25 bits per heavy atom. The zero-order valence-electron chi connectivity index (χ0n) is 7.21. The van der Waals surface area contributed by atoms with Gasteiger partial charge in [0.15, 0.2) is 0 Å². The van der Waals surface area contributed by atoms with Gasteiger partial charge in [-0.1, -0.05) is 24.2 Å². The van der Waals surface area contributed by atoms with E-state index < -0.39 is 0 Å². The van der Waals surface area contributed by atoms with Crippen molar-refractivity contribution in [2.75, 3.05) is 5.32 Å². The Morgan fingerprint density at radius 3 is 2.83 bits per heavy atom. The molecule has 1 aliphatic rings. The average Bonchev–Trinajstić information content (AvgIpc) is 2.62. The zero-order valence-corrected chi connectivity index (χ0v) is 8.02. The molecule has 1 heterocycles. The Bertz CT molecular complexity index is 239. The highest BCUT2D eigenvalue weighted by Crippen LogP contribution is 2.32. The molecule has 0 unspecified atom stereocenters. The van der Waals surface area contributed by atoms with E-state index in [0.29, 0.717) is 0 Å². The predicted molar refractivity (Wildman–Crippen MR) is 50.4 cm³/mol. The van der Waals surface area contributed by atoms with Crippen LogP contribution >= 0.6 is 11.3 Å². The average molecular weight is 183 g/mol. The van der Waals surface area contributed by atoms with Gasteiger partial charge < -0.3 is 5.32 Å². The quantitative estimate of drug-likeness (QED) is 0.764. The molecule has 4 heteroatoms. The molecule has 12 heavy (non-hydrogen) atoms. The summed E-state index contributed by atoms with van der Waals surface area (Å²) >= 11 is 1.57. The summed E-state index contributed by atoms with van der Waals surface area (Å²) in [6, 6.07) is 0. The summed E-state index contributed by atoms with van der Waals surface area (Å²) in [7, 11) is 0. The summed E-state index contributed by atoms with van der Waals surface area (Å²) in [6.45, 7) is 2.27. The second-order valence-electron chi connectivity index (χ2n) is 3.64. The van der Waals surface area contributed by atoms with Crippen molar-refractivity contribution in [1.29, 1.82) is 0 Å². The lowest BCUT2D eigenvalue weighted by Gasteiger charge is -2.24. The van der Waals surface area contributed by atoms with Crippen LogP contribution in [-0.4, -0.2) is 15.7 Å². The lowest BCUT2D eigenvalue weighted by molar-refractivity contribution is 0.532. The number of hydrogen-bond donors (Lipinski definition) is 1. The van der Waals surface area contributed by atoms with Gasteiger partial charge in [-0.25, -0.2) is 0 Å². The second kappa shape index (κ2) is 3.01. The summed E-state index contributed by atoms with van der Waals surface area (Å²) in [5.74, 6) is 0. The van der Waals surface area contributed by atoms with Crippen molar-refractivity contribution in [3.8, 4) is 0 Å². The van der Waals surface area contributed by atoms with Crippen molar-refractivity contribution in [2.45, 2.75) is 38.1 Å². The minimum absolute atomic E-state index is 0.277. The minimum atomic E-state index is 0.277. The van der Waals surface area contributed by atoms with Gasteiger partial charge in [-0.2, -0.15) is 0 Å². The van der Waals surface area contributed by atoms with E-state index in [1.165, 1.54) is 25.7 Å². The van der Waals surface area contributed by atoms with Crippen molar-refractivity contribution in [2.24, 2.45) is 0 Å². The fraction of sp³-hybridized carbons (Fsp3) is 0.750. The fourth-order valence-electron chi connectivity index (χ4n) is 1.77. The van der Waals surface area contributed by atoms with E-state index in [0.717, 1.165) is 5.13 Å². The van der Waals surface area contributed by atoms with Crippen molar-refractivity contribution in [3.05, 3.63) is 5.51 Å². The molecule has 0 aromatic carbocycles. The maximum atomic E-state index is 3.98. The Kier molecular flexibility index (Phi) is 2.00. The highest BCUT2D eigenvalue weighted by atomic mass is 32.1. The highest BCUT2D eigenvalue weighted by molar-refractivity contribution is 7.13. The molecule has 1 aromatic heterocycles.